The van der Waals surface area contributed by atoms with Crippen LogP contribution in [0.4, 0.5) is 0 Å². The fourth-order valence-corrected chi connectivity index (χ4v) is 5.18. The maximum Gasteiger partial charge on any atom is 0.248 e. The van der Waals surface area contributed by atoms with Gasteiger partial charge < -0.3 is 9.26 Å². The van der Waals surface area contributed by atoms with E-state index in [9.17, 15) is 8.42 Å². The van der Waals surface area contributed by atoms with Crippen molar-refractivity contribution in [3.8, 4) is 5.75 Å². The minimum Gasteiger partial charge on any atom is -0.491 e. The smallest absolute Gasteiger partial charge is 0.248 e. The summed E-state index contributed by atoms with van der Waals surface area (Å²) in [6.07, 6.45) is 0.759. The van der Waals surface area contributed by atoms with Gasteiger partial charge >= 0.3 is 0 Å². The molecule has 1 fully saturated rings. The third-order valence-corrected chi connectivity index (χ3v) is 7.07. The van der Waals surface area contributed by atoms with Crippen molar-refractivity contribution in [2.45, 2.75) is 25.2 Å². The molecule has 9 heteroatoms. The number of benzene rings is 1. The number of para-hydroxylation sites is 1. The van der Waals surface area contributed by atoms with Gasteiger partial charge in [0.2, 0.25) is 10.0 Å². The Morgan fingerprint density at radius 3 is 2.67 bits per heavy atom. The number of halogens is 1. The monoisotopic (exact) mass is 413 g/mol. The summed E-state index contributed by atoms with van der Waals surface area (Å²) in [5.74, 6) is 0.998. The summed E-state index contributed by atoms with van der Waals surface area (Å²) < 4.78 is 38.2. The molecular formula is C18H24ClN3O4S. The van der Waals surface area contributed by atoms with Crippen molar-refractivity contribution in [1.82, 2.24) is 14.4 Å². The van der Waals surface area contributed by atoms with Crippen molar-refractivity contribution in [2.75, 3.05) is 39.3 Å². The maximum atomic E-state index is 13.0. The predicted octanol–water partition coefficient (Wildman–Crippen LogP) is 2.72. The van der Waals surface area contributed by atoms with E-state index in [1.165, 1.54) is 4.31 Å². The molecule has 1 aromatic carbocycles. The molecule has 148 valence electrons. The highest BCUT2D eigenvalue weighted by molar-refractivity contribution is 7.89. The molecule has 2 heterocycles. The highest BCUT2D eigenvalue weighted by atomic mass is 35.5. The number of hydrogen-bond acceptors (Lipinski definition) is 6. The van der Waals surface area contributed by atoms with Gasteiger partial charge in [0.25, 0.3) is 0 Å². The Hall–Kier alpha value is -1.61. The molecule has 0 amide bonds. The summed E-state index contributed by atoms with van der Waals surface area (Å²) >= 11 is 6.09. The Balaban J connectivity index is 1.57. The molecule has 0 unspecified atom stereocenters. The fourth-order valence-electron chi connectivity index (χ4n) is 3.23. The third kappa shape index (κ3) is 4.63. The van der Waals surface area contributed by atoms with Gasteiger partial charge in [0.15, 0.2) is 5.76 Å². The molecule has 3 rings (SSSR count). The van der Waals surface area contributed by atoms with Gasteiger partial charge in [-0.05, 0) is 38.9 Å². The molecule has 1 aliphatic rings. The Bertz CT molecular complexity index is 865. The van der Waals surface area contributed by atoms with Gasteiger partial charge in [-0.15, -0.1) is 0 Å². The first-order valence-electron chi connectivity index (χ1n) is 8.92. The second-order valence-corrected chi connectivity index (χ2v) is 8.81. The van der Waals surface area contributed by atoms with Gasteiger partial charge in [-0.1, -0.05) is 28.9 Å². The van der Waals surface area contributed by atoms with E-state index < -0.39 is 10.0 Å². The molecule has 1 aromatic heterocycles. The minimum atomic E-state index is -3.59. The Morgan fingerprint density at radius 1 is 1.19 bits per heavy atom. The van der Waals surface area contributed by atoms with Crippen molar-refractivity contribution in [2.24, 2.45) is 0 Å². The lowest BCUT2D eigenvalue weighted by Gasteiger charge is -2.21. The van der Waals surface area contributed by atoms with Gasteiger partial charge in [0.1, 0.15) is 22.9 Å². The summed E-state index contributed by atoms with van der Waals surface area (Å²) in [5.41, 5.74) is 0.404. The predicted molar refractivity (Wildman–Crippen MR) is 103 cm³/mol. The number of hydrogen-bond donors (Lipinski definition) is 0. The summed E-state index contributed by atoms with van der Waals surface area (Å²) in [5, 5.41) is 4.36. The van der Waals surface area contributed by atoms with Gasteiger partial charge in [0, 0.05) is 26.2 Å². The zero-order valence-electron chi connectivity index (χ0n) is 15.5. The molecular weight excluding hydrogens is 390 g/mol. The van der Waals surface area contributed by atoms with Crippen LogP contribution in [-0.2, 0) is 10.0 Å². The summed E-state index contributed by atoms with van der Waals surface area (Å²) in [7, 11) is -3.59. The standard InChI is InChI=1S/C18H24ClN3O4S/c1-14-18(15(2)26-20-14)27(23,24)22-9-5-8-21(10-11-22)12-13-25-17-7-4-3-6-16(17)19/h3-4,6-7H,5,8-13H2,1-2H3. The van der Waals surface area contributed by atoms with Crippen molar-refractivity contribution >= 4 is 21.6 Å². The van der Waals surface area contributed by atoms with E-state index in [1.54, 1.807) is 19.9 Å². The maximum absolute atomic E-state index is 13.0. The van der Waals surface area contributed by atoms with Gasteiger partial charge in [0.05, 0.1) is 5.02 Å². The topological polar surface area (TPSA) is 75.9 Å². The Kier molecular flexibility index (Phi) is 6.41. The van der Waals surface area contributed by atoms with E-state index in [4.69, 9.17) is 20.9 Å². The molecule has 0 bridgehead atoms. The zero-order valence-corrected chi connectivity index (χ0v) is 17.1. The largest absolute Gasteiger partial charge is 0.491 e. The minimum absolute atomic E-state index is 0.193. The number of sulfonamides is 1. The van der Waals surface area contributed by atoms with Crippen LogP contribution < -0.4 is 4.74 Å². The summed E-state index contributed by atoms with van der Waals surface area (Å²) in [6.45, 7) is 6.87. The number of aryl methyl sites for hydroxylation is 2. The number of aromatic nitrogens is 1. The van der Waals surface area contributed by atoms with E-state index in [-0.39, 0.29) is 4.90 Å². The molecule has 1 aliphatic heterocycles. The second-order valence-electron chi connectivity index (χ2n) is 6.53. The Morgan fingerprint density at radius 2 is 1.96 bits per heavy atom. The first-order chi connectivity index (χ1) is 12.9. The van der Waals surface area contributed by atoms with Crippen LogP contribution in [0.5, 0.6) is 5.75 Å². The fraction of sp³-hybridized carbons (Fsp3) is 0.500. The van der Waals surface area contributed by atoms with Crippen molar-refractivity contribution in [1.29, 1.82) is 0 Å². The van der Waals surface area contributed by atoms with Gasteiger partial charge in [-0.25, -0.2) is 8.42 Å². The summed E-state index contributed by atoms with van der Waals surface area (Å²) in [4.78, 5) is 2.40. The van der Waals surface area contributed by atoms with E-state index in [0.717, 1.165) is 13.0 Å². The lowest BCUT2D eigenvalue weighted by atomic mass is 10.3. The zero-order chi connectivity index (χ0) is 19.4. The average molecular weight is 414 g/mol. The molecule has 0 saturated carbocycles. The molecule has 0 atom stereocenters. The highest BCUT2D eigenvalue weighted by Crippen LogP contribution is 2.25. The van der Waals surface area contributed by atoms with Crippen LogP contribution in [0.15, 0.2) is 33.7 Å². The molecule has 1 saturated heterocycles. The lowest BCUT2D eigenvalue weighted by Crippen LogP contribution is -2.36. The molecule has 2 aromatic rings. The lowest BCUT2D eigenvalue weighted by molar-refractivity contribution is 0.215. The average Bonchev–Trinajstić information content (AvgIpc) is 2.83. The number of rotatable bonds is 6. The van der Waals surface area contributed by atoms with Crippen molar-refractivity contribution in [3.63, 3.8) is 0 Å². The molecule has 27 heavy (non-hydrogen) atoms. The Labute approximate surface area is 164 Å². The van der Waals surface area contributed by atoms with Crippen LogP contribution in [0.3, 0.4) is 0 Å². The molecule has 0 aliphatic carbocycles. The van der Waals surface area contributed by atoms with E-state index in [1.807, 2.05) is 18.2 Å². The van der Waals surface area contributed by atoms with Crippen LogP contribution in [-0.4, -0.2) is 62.1 Å². The van der Waals surface area contributed by atoms with Crippen LogP contribution in [0.1, 0.15) is 17.9 Å². The quantitative estimate of drug-likeness (QED) is 0.724. The number of ether oxygens (including phenoxy) is 1. The third-order valence-electron chi connectivity index (χ3n) is 4.61. The van der Waals surface area contributed by atoms with E-state index in [0.29, 0.717) is 55.0 Å². The van der Waals surface area contributed by atoms with E-state index in [2.05, 4.69) is 10.1 Å². The SMILES string of the molecule is Cc1noc(C)c1S(=O)(=O)N1CCCN(CCOc2ccccc2Cl)CC1. The first kappa shape index (κ1) is 20.1. The van der Waals surface area contributed by atoms with Crippen molar-refractivity contribution < 1.29 is 17.7 Å². The van der Waals surface area contributed by atoms with Crippen LogP contribution >= 0.6 is 11.6 Å². The van der Waals surface area contributed by atoms with Gasteiger partial charge in [-0.2, -0.15) is 4.31 Å². The highest BCUT2D eigenvalue weighted by Gasteiger charge is 2.32. The van der Waals surface area contributed by atoms with E-state index >= 15 is 0 Å². The molecule has 0 N–H and O–H groups in total. The summed E-state index contributed by atoms with van der Waals surface area (Å²) in [6, 6.07) is 7.37. The normalized spacial score (nSPS) is 17.0. The first-order valence-corrected chi connectivity index (χ1v) is 10.7. The van der Waals surface area contributed by atoms with Crippen LogP contribution in [0.2, 0.25) is 5.02 Å². The van der Waals surface area contributed by atoms with Crippen molar-refractivity contribution in [3.05, 3.63) is 40.7 Å². The van der Waals surface area contributed by atoms with Crippen LogP contribution in [0.25, 0.3) is 0 Å². The molecule has 0 radical (unpaired) electrons. The van der Waals surface area contributed by atoms with Crippen LogP contribution in [0, 0.1) is 13.8 Å². The van der Waals surface area contributed by atoms with Gasteiger partial charge in [-0.3, -0.25) is 4.90 Å². The second kappa shape index (κ2) is 8.60. The molecule has 7 nitrogen and oxygen atoms in total. The number of nitrogens with zero attached hydrogens (tertiary/aromatic N) is 3. The molecule has 0 spiro atoms.